The van der Waals surface area contributed by atoms with Crippen LogP contribution in [0.4, 0.5) is 0 Å². The Hall–Kier alpha value is -1.24. The molecule has 2 rings (SSSR count). The zero-order valence-electron chi connectivity index (χ0n) is 9.55. The number of para-hydroxylation sites is 1. The van der Waals surface area contributed by atoms with Gasteiger partial charge in [-0.3, -0.25) is 0 Å². The van der Waals surface area contributed by atoms with Crippen LogP contribution in [0.2, 0.25) is 0 Å². The molecule has 1 aliphatic carbocycles. The quantitative estimate of drug-likeness (QED) is 0.703. The first-order chi connectivity index (χ1) is 7.33. The molecular formula is C14H18O. The molecule has 1 aromatic carbocycles. The molecule has 0 saturated heterocycles. The Balaban J connectivity index is 2.43. The fraction of sp³-hybridized carbons (Fsp3) is 0.429. The third-order valence-corrected chi connectivity index (χ3v) is 3.18. The van der Waals surface area contributed by atoms with E-state index in [1.807, 2.05) is 12.1 Å². The smallest absolute Gasteiger partial charge is 0.126 e. The highest BCUT2D eigenvalue weighted by atomic mass is 16.5. The van der Waals surface area contributed by atoms with Gasteiger partial charge in [-0.05, 0) is 44.2 Å². The molecule has 0 fully saturated rings. The van der Waals surface area contributed by atoms with E-state index in [4.69, 9.17) is 4.74 Å². The summed E-state index contributed by atoms with van der Waals surface area (Å²) in [4.78, 5) is 0. The van der Waals surface area contributed by atoms with Gasteiger partial charge in [0, 0.05) is 5.56 Å². The molecular weight excluding hydrogens is 184 g/mol. The lowest BCUT2D eigenvalue weighted by molar-refractivity contribution is 0.413. The van der Waals surface area contributed by atoms with E-state index in [1.165, 1.54) is 42.4 Å². The third kappa shape index (κ3) is 2.06. The summed E-state index contributed by atoms with van der Waals surface area (Å²) in [6.07, 6.45) is 5.09. The van der Waals surface area contributed by atoms with Gasteiger partial charge in [-0.2, -0.15) is 0 Å². The maximum absolute atomic E-state index is 5.41. The summed E-state index contributed by atoms with van der Waals surface area (Å²) in [6, 6.07) is 8.33. The maximum atomic E-state index is 5.41. The van der Waals surface area contributed by atoms with Gasteiger partial charge in [0.05, 0.1) is 7.11 Å². The number of hydrogen-bond donors (Lipinski definition) is 0. The first kappa shape index (κ1) is 10.3. The predicted molar refractivity (Wildman–Crippen MR) is 64.1 cm³/mol. The Morgan fingerprint density at radius 1 is 1.07 bits per heavy atom. The monoisotopic (exact) mass is 202 g/mol. The summed E-state index contributed by atoms with van der Waals surface area (Å²) in [5.41, 5.74) is 4.32. The van der Waals surface area contributed by atoms with Gasteiger partial charge in [-0.1, -0.05) is 23.8 Å². The summed E-state index contributed by atoms with van der Waals surface area (Å²) in [5.74, 6) is 1.01. The Morgan fingerprint density at radius 2 is 1.80 bits per heavy atom. The molecule has 0 saturated carbocycles. The summed E-state index contributed by atoms with van der Waals surface area (Å²) in [7, 11) is 1.75. The second-order valence-electron chi connectivity index (χ2n) is 4.17. The third-order valence-electron chi connectivity index (χ3n) is 3.18. The van der Waals surface area contributed by atoms with Crippen LogP contribution in [0.3, 0.4) is 0 Å². The van der Waals surface area contributed by atoms with Crippen molar-refractivity contribution in [2.24, 2.45) is 0 Å². The Bertz CT molecular complexity index is 377. The van der Waals surface area contributed by atoms with Gasteiger partial charge >= 0.3 is 0 Å². The second-order valence-corrected chi connectivity index (χ2v) is 4.17. The molecule has 1 aromatic rings. The lowest BCUT2D eigenvalue weighted by Crippen LogP contribution is -1.99. The van der Waals surface area contributed by atoms with Gasteiger partial charge < -0.3 is 4.74 Å². The van der Waals surface area contributed by atoms with Crippen LogP contribution >= 0.6 is 0 Å². The van der Waals surface area contributed by atoms with Crippen molar-refractivity contribution in [1.82, 2.24) is 0 Å². The van der Waals surface area contributed by atoms with E-state index < -0.39 is 0 Å². The SMILES string of the molecule is COc1ccccc1C1=C(C)CCCC1. The van der Waals surface area contributed by atoms with Crippen LogP contribution in [0.1, 0.15) is 38.2 Å². The molecule has 0 aromatic heterocycles. The van der Waals surface area contributed by atoms with Crippen molar-refractivity contribution in [2.45, 2.75) is 32.6 Å². The van der Waals surface area contributed by atoms with Gasteiger partial charge in [-0.15, -0.1) is 0 Å². The van der Waals surface area contributed by atoms with E-state index in [9.17, 15) is 0 Å². The summed E-state index contributed by atoms with van der Waals surface area (Å²) < 4.78 is 5.41. The van der Waals surface area contributed by atoms with Gasteiger partial charge in [0.25, 0.3) is 0 Å². The van der Waals surface area contributed by atoms with E-state index in [0.717, 1.165) is 5.75 Å². The molecule has 1 heteroatoms. The number of benzene rings is 1. The van der Waals surface area contributed by atoms with E-state index in [1.54, 1.807) is 7.11 Å². The van der Waals surface area contributed by atoms with Crippen LogP contribution < -0.4 is 4.74 Å². The molecule has 1 nitrogen and oxygen atoms in total. The average Bonchev–Trinajstić information content (AvgIpc) is 2.30. The zero-order chi connectivity index (χ0) is 10.7. The lowest BCUT2D eigenvalue weighted by atomic mass is 9.88. The van der Waals surface area contributed by atoms with Gasteiger partial charge in [0.1, 0.15) is 5.75 Å². The number of rotatable bonds is 2. The summed E-state index contributed by atoms with van der Waals surface area (Å²) >= 11 is 0. The van der Waals surface area contributed by atoms with Crippen molar-refractivity contribution in [3.63, 3.8) is 0 Å². The van der Waals surface area contributed by atoms with Gasteiger partial charge in [-0.25, -0.2) is 0 Å². The summed E-state index contributed by atoms with van der Waals surface area (Å²) in [6.45, 7) is 2.25. The van der Waals surface area contributed by atoms with Crippen LogP contribution in [-0.4, -0.2) is 7.11 Å². The number of allylic oxidation sites excluding steroid dienone is 2. The highest BCUT2D eigenvalue weighted by Gasteiger charge is 2.14. The van der Waals surface area contributed by atoms with Gasteiger partial charge in [0.15, 0.2) is 0 Å². The minimum Gasteiger partial charge on any atom is -0.496 e. The van der Waals surface area contributed by atoms with Crippen LogP contribution in [0.25, 0.3) is 5.57 Å². The molecule has 0 bridgehead atoms. The molecule has 0 radical (unpaired) electrons. The minimum absolute atomic E-state index is 1.01. The van der Waals surface area contributed by atoms with Crippen LogP contribution in [0.15, 0.2) is 29.8 Å². The first-order valence-corrected chi connectivity index (χ1v) is 5.65. The highest BCUT2D eigenvalue weighted by Crippen LogP contribution is 2.36. The molecule has 0 aliphatic heterocycles. The molecule has 80 valence electrons. The molecule has 0 spiro atoms. The van der Waals surface area contributed by atoms with Crippen molar-refractivity contribution in [3.05, 3.63) is 35.4 Å². The van der Waals surface area contributed by atoms with Crippen molar-refractivity contribution >= 4 is 5.57 Å². The molecule has 0 heterocycles. The number of hydrogen-bond acceptors (Lipinski definition) is 1. The molecule has 0 atom stereocenters. The minimum atomic E-state index is 1.01. The van der Waals surface area contributed by atoms with E-state index in [2.05, 4.69) is 19.1 Å². The Morgan fingerprint density at radius 3 is 2.53 bits per heavy atom. The predicted octanol–water partition coefficient (Wildman–Crippen LogP) is 4.04. The standard InChI is InChI=1S/C14H18O/c1-11-7-3-4-8-12(11)13-9-5-6-10-14(13)15-2/h5-6,9-10H,3-4,7-8H2,1-2H3. The summed E-state index contributed by atoms with van der Waals surface area (Å²) in [5, 5.41) is 0. The van der Waals surface area contributed by atoms with Crippen LogP contribution in [-0.2, 0) is 0 Å². The van der Waals surface area contributed by atoms with Crippen LogP contribution in [0.5, 0.6) is 5.75 Å². The Kier molecular flexibility index (Phi) is 3.10. The fourth-order valence-corrected chi connectivity index (χ4v) is 2.31. The van der Waals surface area contributed by atoms with Crippen molar-refractivity contribution in [3.8, 4) is 5.75 Å². The Labute approximate surface area is 91.8 Å². The highest BCUT2D eigenvalue weighted by molar-refractivity contribution is 5.73. The zero-order valence-corrected chi connectivity index (χ0v) is 9.55. The molecule has 0 amide bonds. The fourth-order valence-electron chi connectivity index (χ4n) is 2.31. The topological polar surface area (TPSA) is 9.23 Å². The number of methoxy groups -OCH3 is 1. The average molecular weight is 202 g/mol. The largest absolute Gasteiger partial charge is 0.496 e. The lowest BCUT2D eigenvalue weighted by Gasteiger charge is -2.19. The molecule has 0 N–H and O–H groups in total. The van der Waals surface area contributed by atoms with Crippen LogP contribution in [0, 0.1) is 0 Å². The molecule has 15 heavy (non-hydrogen) atoms. The second kappa shape index (κ2) is 4.52. The van der Waals surface area contributed by atoms with E-state index in [-0.39, 0.29) is 0 Å². The van der Waals surface area contributed by atoms with Crippen molar-refractivity contribution < 1.29 is 4.74 Å². The first-order valence-electron chi connectivity index (χ1n) is 5.65. The molecule has 0 unspecified atom stereocenters. The van der Waals surface area contributed by atoms with E-state index >= 15 is 0 Å². The van der Waals surface area contributed by atoms with E-state index in [0.29, 0.717) is 0 Å². The maximum Gasteiger partial charge on any atom is 0.126 e. The normalized spacial score (nSPS) is 16.7. The van der Waals surface area contributed by atoms with Crippen molar-refractivity contribution in [1.29, 1.82) is 0 Å². The van der Waals surface area contributed by atoms with Crippen molar-refractivity contribution in [2.75, 3.05) is 7.11 Å². The number of ether oxygens (including phenoxy) is 1. The molecule has 1 aliphatic rings. The van der Waals surface area contributed by atoms with Gasteiger partial charge in [0.2, 0.25) is 0 Å².